The summed E-state index contributed by atoms with van der Waals surface area (Å²) in [7, 11) is 0. The topological polar surface area (TPSA) is 26.0 Å². The van der Waals surface area contributed by atoms with Gasteiger partial charge >= 0.3 is 0 Å². The Balaban J connectivity index is 2.43. The van der Waals surface area contributed by atoms with Crippen LogP contribution in [0.2, 0.25) is 0 Å². The lowest BCUT2D eigenvalue weighted by molar-refractivity contribution is 0.422. The number of benzene rings is 1. The Morgan fingerprint density at radius 1 is 1.08 bits per heavy atom. The molecule has 0 aliphatic rings. The number of hydrogen-bond donors (Lipinski definition) is 0. The molecule has 0 fully saturated rings. The largest absolute Gasteiger partial charge is 0.364 e. The Labute approximate surface area is 70.8 Å². The molecule has 0 aliphatic carbocycles. The zero-order valence-corrected chi connectivity index (χ0v) is 6.82. The third-order valence-electron chi connectivity index (χ3n) is 1.79. The first kappa shape index (κ1) is 7.10. The molecule has 0 atom stereocenters. The minimum absolute atomic E-state index is 0.884. The highest BCUT2D eigenvalue weighted by Crippen LogP contribution is 2.16. The molecule has 0 N–H and O–H groups in total. The Kier molecular flexibility index (Phi) is 1.67. The molecule has 1 aromatic heterocycles. The first-order chi connectivity index (χ1) is 5.86. The fraction of sp³-hybridized carbons (Fsp3) is 0.100. The van der Waals surface area contributed by atoms with Gasteiger partial charge < -0.3 is 4.52 Å². The third-order valence-corrected chi connectivity index (χ3v) is 1.79. The van der Waals surface area contributed by atoms with Gasteiger partial charge in [0.15, 0.2) is 0 Å². The lowest BCUT2D eigenvalue weighted by atomic mass is 10.1. The van der Waals surface area contributed by atoms with E-state index in [9.17, 15) is 0 Å². The van der Waals surface area contributed by atoms with Crippen LogP contribution < -0.4 is 0 Å². The van der Waals surface area contributed by atoms with Gasteiger partial charge in [-0.3, -0.25) is 0 Å². The summed E-state index contributed by atoms with van der Waals surface area (Å²) in [6.07, 6.45) is 1.58. The van der Waals surface area contributed by atoms with Gasteiger partial charge in [-0.25, -0.2) is 0 Å². The molecule has 60 valence electrons. The van der Waals surface area contributed by atoms with Crippen LogP contribution in [0.25, 0.3) is 11.3 Å². The van der Waals surface area contributed by atoms with E-state index in [1.54, 1.807) is 6.26 Å². The van der Waals surface area contributed by atoms with Crippen LogP contribution in [0.4, 0.5) is 0 Å². The molecule has 1 heterocycles. The van der Waals surface area contributed by atoms with E-state index >= 15 is 0 Å². The summed E-state index contributed by atoms with van der Waals surface area (Å²) in [5.74, 6) is 0. The van der Waals surface area contributed by atoms with Crippen LogP contribution in [0.5, 0.6) is 0 Å². The summed E-state index contributed by atoms with van der Waals surface area (Å²) in [5.41, 5.74) is 3.23. The number of rotatable bonds is 1. The average Bonchev–Trinajstić information content (AvgIpc) is 2.58. The molecule has 12 heavy (non-hydrogen) atoms. The van der Waals surface area contributed by atoms with Crippen molar-refractivity contribution < 1.29 is 4.52 Å². The molecular weight excluding hydrogens is 150 g/mol. The summed E-state index contributed by atoms with van der Waals surface area (Å²) < 4.78 is 4.75. The van der Waals surface area contributed by atoms with Crippen LogP contribution in [0, 0.1) is 6.92 Å². The molecule has 0 bridgehead atoms. The fourth-order valence-corrected chi connectivity index (χ4v) is 1.09. The van der Waals surface area contributed by atoms with Crippen molar-refractivity contribution in [3.8, 4) is 11.3 Å². The van der Waals surface area contributed by atoms with Crippen molar-refractivity contribution >= 4 is 0 Å². The van der Waals surface area contributed by atoms with Crippen molar-refractivity contribution in [1.82, 2.24) is 5.16 Å². The predicted octanol–water partition coefficient (Wildman–Crippen LogP) is 2.65. The van der Waals surface area contributed by atoms with E-state index < -0.39 is 0 Å². The Morgan fingerprint density at radius 3 is 2.42 bits per heavy atom. The van der Waals surface area contributed by atoms with Crippen LogP contribution in [0.15, 0.2) is 41.1 Å². The summed E-state index contributed by atoms with van der Waals surface area (Å²) in [4.78, 5) is 0. The standard InChI is InChI=1S/C10H9NO/c1-8-2-4-9(5-3-8)10-6-7-12-11-10/h2-7H,1H3. The highest BCUT2D eigenvalue weighted by atomic mass is 16.5. The number of aromatic nitrogens is 1. The molecule has 2 nitrogen and oxygen atoms in total. The van der Waals surface area contributed by atoms with Crippen molar-refractivity contribution in [2.45, 2.75) is 6.92 Å². The van der Waals surface area contributed by atoms with Crippen molar-refractivity contribution in [1.29, 1.82) is 0 Å². The van der Waals surface area contributed by atoms with Crippen LogP contribution in [0.1, 0.15) is 5.56 Å². The van der Waals surface area contributed by atoms with E-state index in [0.29, 0.717) is 0 Å². The molecule has 0 amide bonds. The van der Waals surface area contributed by atoms with Crippen LogP contribution >= 0.6 is 0 Å². The highest BCUT2D eigenvalue weighted by Gasteiger charge is 1.98. The smallest absolute Gasteiger partial charge is 0.124 e. The van der Waals surface area contributed by atoms with Gasteiger partial charge in [0.1, 0.15) is 12.0 Å². The molecule has 2 heteroatoms. The van der Waals surface area contributed by atoms with E-state index in [1.807, 2.05) is 18.2 Å². The van der Waals surface area contributed by atoms with Crippen LogP contribution in [-0.2, 0) is 0 Å². The Bertz CT molecular complexity index is 348. The maximum atomic E-state index is 4.75. The molecule has 1 aromatic carbocycles. The Morgan fingerprint density at radius 2 is 1.83 bits per heavy atom. The van der Waals surface area contributed by atoms with Gasteiger partial charge in [0.2, 0.25) is 0 Å². The van der Waals surface area contributed by atoms with Crippen LogP contribution in [0.3, 0.4) is 0 Å². The molecule has 0 spiro atoms. The lowest BCUT2D eigenvalue weighted by Gasteiger charge is -1.94. The molecule has 0 unspecified atom stereocenters. The molecule has 0 radical (unpaired) electrons. The van der Waals surface area contributed by atoms with E-state index in [0.717, 1.165) is 11.3 Å². The van der Waals surface area contributed by atoms with E-state index in [1.165, 1.54) is 5.56 Å². The van der Waals surface area contributed by atoms with Gasteiger partial charge in [-0.15, -0.1) is 0 Å². The quantitative estimate of drug-likeness (QED) is 0.639. The van der Waals surface area contributed by atoms with E-state index in [-0.39, 0.29) is 0 Å². The first-order valence-corrected chi connectivity index (χ1v) is 3.84. The second kappa shape index (κ2) is 2.81. The van der Waals surface area contributed by atoms with E-state index in [4.69, 9.17) is 4.52 Å². The predicted molar refractivity (Wildman–Crippen MR) is 46.7 cm³/mol. The Hall–Kier alpha value is -1.57. The average molecular weight is 159 g/mol. The number of aryl methyl sites for hydroxylation is 1. The molecule has 0 saturated heterocycles. The first-order valence-electron chi connectivity index (χ1n) is 3.84. The molecule has 0 aliphatic heterocycles. The zero-order valence-electron chi connectivity index (χ0n) is 6.82. The van der Waals surface area contributed by atoms with Crippen LogP contribution in [-0.4, -0.2) is 5.16 Å². The molecule has 0 saturated carbocycles. The van der Waals surface area contributed by atoms with Gasteiger partial charge in [-0.2, -0.15) is 0 Å². The summed E-state index contributed by atoms with van der Waals surface area (Å²) in [6, 6.07) is 10.0. The van der Waals surface area contributed by atoms with Gasteiger partial charge in [0.05, 0.1) is 0 Å². The highest BCUT2D eigenvalue weighted by molar-refractivity contribution is 5.58. The monoisotopic (exact) mass is 159 g/mol. The fourth-order valence-electron chi connectivity index (χ4n) is 1.09. The second-order valence-corrected chi connectivity index (χ2v) is 2.75. The zero-order chi connectivity index (χ0) is 8.39. The maximum absolute atomic E-state index is 4.75. The van der Waals surface area contributed by atoms with Gasteiger partial charge in [0.25, 0.3) is 0 Å². The molecule has 2 aromatic rings. The summed E-state index contributed by atoms with van der Waals surface area (Å²) >= 11 is 0. The van der Waals surface area contributed by atoms with Gasteiger partial charge in [-0.05, 0) is 6.92 Å². The second-order valence-electron chi connectivity index (χ2n) is 2.75. The van der Waals surface area contributed by atoms with E-state index in [2.05, 4.69) is 24.2 Å². The molecule has 2 rings (SSSR count). The number of nitrogens with zero attached hydrogens (tertiary/aromatic N) is 1. The van der Waals surface area contributed by atoms with Gasteiger partial charge in [0, 0.05) is 11.6 Å². The maximum Gasteiger partial charge on any atom is 0.124 e. The van der Waals surface area contributed by atoms with Crippen molar-refractivity contribution in [3.63, 3.8) is 0 Å². The van der Waals surface area contributed by atoms with Crippen molar-refractivity contribution in [2.24, 2.45) is 0 Å². The third kappa shape index (κ3) is 1.23. The van der Waals surface area contributed by atoms with Crippen molar-refractivity contribution in [2.75, 3.05) is 0 Å². The lowest BCUT2D eigenvalue weighted by Crippen LogP contribution is -1.76. The summed E-state index contributed by atoms with van der Waals surface area (Å²) in [5, 5.41) is 3.84. The van der Waals surface area contributed by atoms with Gasteiger partial charge in [-0.1, -0.05) is 35.0 Å². The van der Waals surface area contributed by atoms with Crippen molar-refractivity contribution in [3.05, 3.63) is 42.2 Å². The summed E-state index contributed by atoms with van der Waals surface area (Å²) in [6.45, 7) is 2.06. The normalized spacial score (nSPS) is 10.1. The minimum atomic E-state index is 0.884. The SMILES string of the molecule is Cc1ccc(-c2ccon2)cc1. The minimum Gasteiger partial charge on any atom is -0.364 e. The molecular formula is C10H9NO. The number of hydrogen-bond acceptors (Lipinski definition) is 2.